The van der Waals surface area contributed by atoms with Crippen molar-refractivity contribution in [3.63, 3.8) is 0 Å². The summed E-state index contributed by atoms with van der Waals surface area (Å²) in [5.74, 6) is 0. The van der Waals surface area contributed by atoms with Gasteiger partial charge in [-0.15, -0.1) is 0 Å². The molecule has 19 heavy (non-hydrogen) atoms. The van der Waals surface area contributed by atoms with Crippen LogP contribution in [0.5, 0.6) is 0 Å². The predicted octanol–water partition coefficient (Wildman–Crippen LogP) is 3.48. The highest BCUT2D eigenvalue weighted by Crippen LogP contribution is 2.19. The van der Waals surface area contributed by atoms with Crippen LogP contribution in [0.3, 0.4) is 0 Å². The second-order valence-electron chi connectivity index (χ2n) is 4.50. The van der Waals surface area contributed by atoms with Crippen molar-refractivity contribution >= 4 is 16.8 Å². The lowest BCUT2D eigenvalue weighted by Gasteiger charge is -2.02. The van der Waals surface area contributed by atoms with Gasteiger partial charge in [-0.3, -0.25) is 0 Å². The van der Waals surface area contributed by atoms with Crippen LogP contribution in [0.1, 0.15) is 12.0 Å². The van der Waals surface area contributed by atoms with E-state index in [9.17, 15) is 0 Å². The number of rotatable bonds is 7. The van der Waals surface area contributed by atoms with Gasteiger partial charge < -0.3 is 10.1 Å². The Morgan fingerprint density at radius 2 is 1.89 bits per heavy atom. The molecule has 2 aromatic rings. The number of nitrogens with one attached hydrogen (secondary N) is 1. The molecular formula is C17H21NO. The van der Waals surface area contributed by atoms with Crippen LogP contribution in [-0.2, 0) is 4.74 Å². The molecule has 0 saturated carbocycles. The summed E-state index contributed by atoms with van der Waals surface area (Å²) in [4.78, 5) is 0. The number of benzene rings is 2. The lowest BCUT2D eigenvalue weighted by atomic mass is 10.0. The molecule has 0 saturated heterocycles. The van der Waals surface area contributed by atoms with E-state index < -0.39 is 0 Å². The van der Waals surface area contributed by atoms with E-state index in [1.165, 1.54) is 16.3 Å². The fraction of sp³-hybridized carbons (Fsp3) is 0.294. The lowest BCUT2D eigenvalue weighted by Crippen LogP contribution is -2.19. The average molecular weight is 255 g/mol. The van der Waals surface area contributed by atoms with Crippen LogP contribution in [0.15, 0.2) is 48.5 Å². The molecule has 2 nitrogen and oxygen atoms in total. The van der Waals surface area contributed by atoms with E-state index in [2.05, 4.69) is 59.9 Å². The second kappa shape index (κ2) is 7.72. The summed E-state index contributed by atoms with van der Waals surface area (Å²) in [7, 11) is 1.72. The number of methoxy groups -OCH3 is 1. The van der Waals surface area contributed by atoms with E-state index in [4.69, 9.17) is 4.74 Å². The Labute approximate surface area is 115 Å². The van der Waals surface area contributed by atoms with E-state index in [0.29, 0.717) is 0 Å². The van der Waals surface area contributed by atoms with E-state index in [-0.39, 0.29) is 0 Å². The Kier molecular flexibility index (Phi) is 5.60. The molecule has 0 atom stereocenters. The van der Waals surface area contributed by atoms with Gasteiger partial charge in [0.2, 0.25) is 0 Å². The van der Waals surface area contributed by atoms with Crippen LogP contribution in [0.2, 0.25) is 0 Å². The molecule has 0 aliphatic heterocycles. The Bertz CT molecular complexity index is 528. The third-order valence-corrected chi connectivity index (χ3v) is 3.09. The van der Waals surface area contributed by atoms with Crippen LogP contribution >= 0.6 is 0 Å². The number of hydrogen-bond donors (Lipinski definition) is 1. The van der Waals surface area contributed by atoms with Crippen LogP contribution in [0.4, 0.5) is 0 Å². The van der Waals surface area contributed by atoms with Crippen molar-refractivity contribution in [2.24, 2.45) is 0 Å². The summed E-state index contributed by atoms with van der Waals surface area (Å²) in [5.41, 5.74) is 1.29. The van der Waals surface area contributed by atoms with Crippen molar-refractivity contribution < 1.29 is 4.74 Å². The van der Waals surface area contributed by atoms with Gasteiger partial charge in [-0.25, -0.2) is 0 Å². The zero-order valence-corrected chi connectivity index (χ0v) is 11.4. The smallest absolute Gasteiger partial charge is 0.0587 e. The largest absolute Gasteiger partial charge is 0.383 e. The van der Waals surface area contributed by atoms with Gasteiger partial charge in [0.15, 0.2) is 0 Å². The minimum Gasteiger partial charge on any atom is -0.383 e. The first-order chi connectivity index (χ1) is 9.42. The molecule has 0 aliphatic carbocycles. The maximum atomic E-state index is 4.99. The van der Waals surface area contributed by atoms with Gasteiger partial charge in [0.05, 0.1) is 6.61 Å². The van der Waals surface area contributed by atoms with Gasteiger partial charge in [0.25, 0.3) is 0 Å². The molecule has 0 bridgehead atoms. The second-order valence-corrected chi connectivity index (χ2v) is 4.50. The molecule has 0 aliphatic rings. The molecule has 2 heteroatoms. The first kappa shape index (κ1) is 13.8. The topological polar surface area (TPSA) is 21.3 Å². The highest BCUT2D eigenvalue weighted by molar-refractivity contribution is 5.90. The molecule has 2 aromatic carbocycles. The average Bonchev–Trinajstić information content (AvgIpc) is 2.46. The van der Waals surface area contributed by atoms with Gasteiger partial charge in [0, 0.05) is 13.7 Å². The molecule has 100 valence electrons. The van der Waals surface area contributed by atoms with Crippen molar-refractivity contribution in [3.8, 4) is 0 Å². The van der Waals surface area contributed by atoms with Crippen LogP contribution < -0.4 is 5.32 Å². The standard InChI is InChI=1S/C17H21NO/c1-19-14-13-18-12-5-4-8-16-10-6-9-15-7-2-3-11-17(15)16/h2-4,6-11,18H,5,12-14H2,1H3. The fourth-order valence-electron chi connectivity index (χ4n) is 2.09. The quantitative estimate of drug-likeness (QED) is 0.765. The Morgan fingerprint density at radius 3 is 2.79 bits per heavy atom. The molecule has 0 aromatic heterocycles. The summed E-state index contributed by atoms with van der Waals surface area (Å²) in [5, 5.41) is 5.94. The van der Waals surface area contributed by atoms with Crippen molar-refractivity contribution in [1.29, 1.82) is 0 Å². The molecule has 0 radical (unpaired) electrons. The SMILES string of the molecule is COCCNCCC=Cc1cccc2ccccc12. The summed E-state index contributed by atoms with van der Waals surface area (Å²) >= 11 is 0. The minimum atomic E-state index is 0.771. The molecule has 0 amide bonds. The van der Waals surface area contributed by atoms with E-state index in [1.54, 1.807) is 7.11 Å². The lowest BCUT2D eigenvalue weighted by molar-refractivity contribution is 0.199. The third-order valence-electron chi connectivity index (χ3n) is 3.09. The highest BCUT2D eigenvalue weighted by Gasteiger charge is 1.95. The van der Waals surface area contributed by atoms with Gasteiger partial charge >= 0.3 is 0 Å². The normalized spacial score (nSPS) is 11.4. The minimum absolute atomic E-state index is 0.771. The van der Waals surface area contributed by atoms with Crippen LogP contribution in [0.25, 0.3) is 16.8 Å². The first-order valence-corrected chi connectivity index (χ1v) is 6.76. The van der Waals surface area contributed by atoms with Crippen molar-refractivity contribution in [2.75, 3.05) is 26.8 Å². The number of ether oxygens (including phenoxy) is 1. The predicted molar refractivity (Wildman–Crippen MR) is 82.3 cm³/mol. The molecule has 0 unspecified atom stereocenters. The molecule has 0 heterocycles. The Hall–Kier alpha value is -1.64. The van der Waals surface area contributed by atoms with Gasteiger partial charge in [0.1, 0.15) is 0 Å². The number of hydrogen-bond acceptors (Lipinski definition) is 2. The Balaban J connectivity index is 1.90. The van der Waals surface area contributed by atoms with Crippen molar-refractivity contribution in [1.82, 2.24) is 5.32 Å². The van der Waals surface area contributed by atoms with Crippen LogP contribution in [-0.4, -0.2) is 26.8 Å². The monoisotopic (exact) mass is 255 g/mol. The first-order valence-electron chi connectivity index (χ1n) is 6.76. The molecule has 0 spiro atoms. The Morgan fingerprint density at radius 1 is 1.05 bits per heavy atom. The van der Waals surface area contributed by atoms with E-state index in [0.717, 1.165) is 26.1 Å². The van der Waals surface area contributed by atoms with E-state index in [1.807, 2.05) is 0 Å². The summed E-state index contributed by atoms with van der Waals surface area (Å²) < 4.78 is 4.99. The maximum Gasteiger partial charge on any atom is 0.0587 e. The van der Waals surface area contributed by atoms with Gasteiger partial charge in [-0.1, -0.05) is 54.6 Å². The molecule has 1 N–H and O–H groups in total. The van der Waals surface area contributed by atoms with Crippen molar-refractivity contribution in [3.05, 3.63) is 54.1 Å². The molecular weight excluding hydrogens is 234 g/mol. The fourth-order valence-corrected chi connectivity index (χ4v) is 2.09. The summed E-state index contributed by atoms with van der Waals surface area (Å²) in [6.07, 6.45) is 5.47. The third kappa shape index (κ3) is 4.19. The zero-order valence-electron chi connectivity index (χ0n) is 11.4. The maximum absolute atomic E-state index is 4.99. The molecule has 2 rings (SSSR count). The number of fused-ring (bicyclic) bond motifs is 1. The van der Waals surface area contributed by atoms with Gasteiger partial charge in [-0.2, -0.15) is 0 Å². The van der Waals surface area contributed by atoms with E-state index >= 15 is 0 Å². The zero-order chi connectivity index (χ0) is 13.3. The van der Waals surface area contributed by atoms with Crippen molar-refractivity contribution in [2.45, 2.75) is 6.42 Å². The highest BCUT2D eigenvalue weighted by atomic mass is 16.5. The van der Waals surface area contributed by atoms with Gasteiger partial charge in [-0.05, 0) is 29.3 Å². The molecule has 0 fully saturated rings. The summed E-state index contributed by atoms with van der Waals surface area (Å²) in [6, 6.07) is 14.9. The summed E-state index contributed by atoms with van der Waals surface area (Å²) in [6.45, 7) is 2.68. The van der Waals surface area contributed by atoms with Crippen LogP contribution in [0, 0.1) is 0 Å².